The lowest BCUT2D eigenvalue weighted by Gasteiger charge is -2.22. The van der Waals surface area contributed by atoms with Gasteiger partial charge in [-0.15, -0.1) is 0 Å². The molecule has 21 heavy (non-hydrogen) atoms. The summed E-state index contributed by atoms with van der Waals surface area (Å²) in [6.45, 7) is 12.4. The Labute approximate surface area is 126 Å². The number of nitrogens with two attached hydrogens (primary N) is 1. The highest BCUT2D eigenvalue weighted by Crippen LogP contribution is 2.35. The van der Waals surface area contributed by atoms with Crippen LogP contribution in [0.2, 0.25) is 0 Å². The molecule has 0 saturated carbocycles. The van der Waals surface area contributed by atoms with Crippen LogP contribution in [-0.2, 0) is 5.41 Å². The average Bonchev–Trinajstić information content (AvgIpc) is 2.70. The van der Waals surface area contributed by atoms with Crippen molar-refractivity contribution in [1.29, 1.82) is 0 Å². The number of hydrogen-bond donors (Lipinski definition) is 1. The van der Waals surface area contributed by atoms with Gasteiger partial charge in [-0.05, 0) is 38.5 Å². The molecule has 0 amide bonds. The Kier molecular flexibility index (Phi) is 3.83. The molecule has 2 aromatic rings. The summed E-state index contributed by atoms with van der Waals surface area (Å²) in [5, 5.41) is 0. The second-order valence-electron chi connectivity index (χ2n) is 6.84. The minimum absolute atomic E-state index is 0.127. The van der Waals surface area contributed by atoms with Crippen molar-refractivity contribution in [2.24, 2.45) is 0 Å². The van der Waals surface area contributed by atoms with Gasteiger partial charge in [0.1, 0.15) is 23.2 Å². The van der Waals surface area contributed by atoms with Gasteiger partial charge in [-0.3, -0.25) is 0 Å². The van der Waals surface area contributed by atoms with Gasteiger partial charge in [-0.1, -0.05) is 26.8 Å². The molecule has 1 aromatic heterocycles. The van der Waals surface area contributed by atoms with Gasteiger partial charge in [0.25, 0.3) is 0 Å². The van der Waals surface area contributed by atoms with E-state index in [1.165, 1.54) is 12.1 Å². The Bertz CT molecular complexity index is 663. The number of nitrogens with zero attached hydrogens (tertiary/aromatic N) is 2. The maximum absolute atomic E-state index is 13.6. The van der Waals surface area contributed by atoms with Crippen molar-refractivity contribution in [1.82, 2.24) is 9.55 Å². The molecular formula is C17H24FN3. The van der Waals surface area contributed by atoms with Crippen molar-refractivity contribution in [3.63, 3.8) is 0 Å². The standard InChI is InChI=1S/C17H24FN3/c1-10(2)21-15(19)14(20-16(21)17(4,5)6)13-9-12(18)8-7-11(13)3/h7-10H,19H2,1-6H3. The van der Waals surface area contributed by atoms with Crippen LogP contribution in [0.25, 0.3) is 11.3 Å². The molecule has 1 heterocycles. The number of anilines is 1. The molecule has 2 rings (SSSR count). The SMILES string of the molecule is Cc1ccc(F)cc1-c1nc(C(C)(C)C)n(C(C)C)c1N. The van der Waals surface area contributed by atoms with Crippen LogP contribution < -0.4 is 5.73 Å². The third-order valence-electron chi connectivity index (χ3n) is 3.59. The van der Waals surface area contributed by atoms with Crippen LogP contribution >= 0.6 is 0 Å². The Balaban J connectivity index is 2.74. The van der Waals surface area contributed by atoms with Crippen molar-refractivity contribution in [3.05, 3.63) is 35.4 Å². The van der Waals surface area contributed by atoms with Crippen molar-refractivity contribution < 1.29 is 4.39 Å². The maximum atomic E-state index is 13.6. The molecule has 2 N–H and O–H groups in total. The molecule has 0 radical (unpaired) electrons. The van der Waals surface area contributed by atoms with E-state index >= 15 is 0 Å². The minimum atomic E-state index is -0.272. The predicted octanol–water partition coefficient (Wildman–Crippen LogP) is 4.46. The average molecular weight is 289 g/mol. The summed E-state index contributed by atoms with van der Waals surface area (Å²) in [4.78, 5) is 4.75. The summed E-state index contributed by atoms with van der Waals surface area (Å²) in [6.07, 6.45) is 0. The van der Waals surface area contributed by atoms with Gasteiger partial charge in [-0.25, -0.2) is 9.37 Å². The summed E-state index contributed by atoms with van der Waals surface area (Å²) >= 11 is 0. The number of aryl methyl sites for hydroxylation is 1. The lowest BCUT2D eigenvalue weighted by molar-refractivity contribution is 0.473. The van der Waals surface area contributed by atoms with E-state index in [-0.39, 0.29) is 17.3 Å². The van der Waals surface area contributed by atoms with E-state index in [0.717, 1.165) is 17.0 Å². The molecule has 1 aromatic carbocycles. The van der Waals surface area contributed by atoms with E-state index in [1.54, 1.807) is 6.07 Å². The number of imidazole rings is 1. The molecule has 0 aliphatic heterocycles. The fourth-order valence-corrected chi connectivity index (χ4v) is 2.54. The van der Waals surface area contributed by atoms with Crippen LogP contribution in [-0.4, -0.2) is 9.55 Å². The summed E-state index contributed by atoms with van der Waals surface area (Å²) in [5.74, 6) is 1.25. The topological polar surface area (TPSA) is 43.8 Å². The largest absolute Gasteiger partial charge is 0.383 e. The molecule has 0 unspecified atom stereocenters. The zero-order valence-electron chi connectivity index (χ0n) is 13.7. The minimum Gasteiger partial charge on any atom is -0.383 e. The van der Waals surface area contributed by atoms with Crippen LogP contribution in [0.5, 0.6) is 0 Å². The van der Waals surface area contributed by atoms with Crippen LogP contribution in [0.4, 0.5) is 10.2 Å². The second-order valence-corrected chi connectivity index (χ2v) is 6.84. The Morgan fingerprint density at radius 1 is 1.24 bits per heavy atom. The first-order valence-corrected chi connectivity index (χ1v) is 7.27. The molecule has 3 nitrogen and oxygen atoms in total. The fourth-order valence-electron chi connectivity index (χ4n) is 2.54. The van der Waals surface area contributed by atoms with Gasteiger partial charge >= 0.3 is 0 Å². The fraction of sp³-hybridized carbons (Fsp3) is 0.471. The molecule has 114 valence electrons. The van der Waals surface area contributed by atoms with Gasteiger partial charge in [-0.2, -0.15) is 0 Å². The molecule has 0 aliphatic rings. The number of benzene rings is 1. The zero-order chi connectivity index (χ0) is 15.9. The molecule has 0 fully saturated rings. The summed E-state index contributed by atoms with van der Waals surface area (Å²) in [7, 11) is 0. The predicted molar refractivity (Wildman–Crippen MR) is 85.9 cm³/mol. The quantitative estimate of drug-likeness (QED) is 0.887. The van der Waals surface area contributed by atoms with Gasteiger partial charge in [0, 0.05) is 17.0 Å². The van der Waals surface area contributed by atoms with Gasteiger partial charge in [0.15, 0.2) is 0 Å². The molecule has 0 bridgehead atoms. The molecule has 0 saturated heterocycles. The highest BCUT2D eigenvalue weighted by atomic mass is 19.1. The second kappa shape index (κ2) is 5.17. The molecule has 4 heteroatoms. The van der Waals surface area contributed by atoms with Gasteiger partial charge in [0.05, 0.1) is 0 Å². The Morgan fingerprint density at radius 3 is 2.33 bits per heavy atom. The monoisotopic (exact) mass is 289 g/mol. The van der Waals surface area contributed by atoms with Crippen LogP contribution in [0, 0.1) is 12.7 Å². The van der Waals surface area contributed by atoms with Crippen LogP contribution in [0.1, 0.15) is 52.0 Å². The highest BCUT2D eigenvalue weighted by Gasteiger charge is 2.27. The zero-order valence-corrected chi connectivity index (χ0v) is 13.7. The van der Waals surface area contributed by atoms with Gasteiger partial charge in [0.2, 0.25) is 0 Å². The van der Waals surface area contributed by atoms with E-state index in [9.17, 15) is 4.39 Å². The number of halogens is 1. The van der Waals surface area contributed by atoms with Crippen LogP contribution in [0.3, 0.4) is 0 Å². The third kappa shape index (κ3) is 2.80. The molecule has 0 aliphatic carbocycles. The van der Waals surface area contributed by atoms with Gasteiger partial charge < -0.3 is 10.3 Å². The molecule has 0 atom stereocenters. The number of hydrogen-bond acceptors (Lipinski definition) is 2. The Hall–Kier alpha value is -1.84. The van der Waals surface area contributed by atoms with Crippen LogP contribution in [0.15, 0.2) is 18.2 Å². The normalized spacial score (nSPS) is 12.2. The van der Waals surface area contributed by atoms with Crippen molar-refractivity contribution in [3.8, 4) is 11.3 Å². The van der Waals surface area contributed by atoms with E-state index in [0.29, 0.717) is 11.5 Å². The number of nitrogen functional groups attached to an aromatic ring is 1. The first-order chi connectivity index (χ1) is 9.62. The third-order valence-corrected chi connectivity index (χ3v) is 3.59. The lowest BCUT2D eigenvalue weighted by Crippen LogP contribution is -2.21. The maximum Gasteiger partial charge on any atom is 0.132 e. The summed E-state index contributed by atoms with van der Waals surface area (Å²) < 4.78 is 15.6. The van der Waals surface area contributed by atoms with Crippen molar-refractivity contribution >= 4 is 5.82 Å². The van der Waals surface area contributed by atoms with Crippen molar-refractivity contribution in [2.45, 2.75) is 53.0 Å². The number of aromatic nitrogens is 2. The van der Waals surface area contributed by atoms with E-state index < -0.39 is 0 Å². The first-order valence-electron chi connectivity index (χ1n) is 7.27. The smallest absolute Gasteiger partial charge is 0.132 e. The highest BCUT2D eigenvalue weighted by molar-refractivity contribution is 5.74. The molecule has 0 spiro atoms. The summed E-state index contributed by atoms with van der Waals surface area (Å²) in [6, 6.07) is 4.92. The Morgan fingerprint density at radius 2 is 1.86 bits per heavy atom. The lowest BCUT2D eigenvalue weighted by atomic mass is 9.95. The van der Waals surface area contributed by atoms with E-state index in [4.69, 9.17) is 10.7 Å². The van der Waals surface area contributed by atoms with Crippen molar-refractivity contribution in [2.75, 3.05) is 5.73 Å². The van der Waals surface area contributed by atoms with E-state index in [2.05, 4.69) is 34.6 Å². The number of rotatable bonds is 2. The first kappa shape index (κ1) is 15.5. The molecular weight excluding hydrogens is 265 g/mol. The van der Waals surface area contributed by atoms with E-state index in [1.807, 2.05) is 11.5 Å². The summed E-state index contributed by atoms with van der Waals surface area (Å²) in [5.41, 5.74) is 8.61.